The number of hydrogen-bond acceptors (Lipinski definition) is 6. The molecule has 0 spiro atoms. The van der Waals surface area contributed by atoms with Crippen molar-refractivity contribution in [2.75, 3.05) is 39.7 Å². The minimum absolute atomic E-state index is 0.0321. The van der Waals surface area contributed by atoms with Gasteiger partial charge in [-0.2, -0.15) is 0 Å². The van der Waals surface area contributed by atoms with Crippen LogP contribution in [0.2, 0.25) is 0 Å². The number of nitrogens with two attached hydrogens (primary N) is 1. The van der Waals surface area contributed by atoms with Gasteiger partial charge in [0.05, 0.1) is 33.1 Å². The Morgan fingerprint density at radius 1 is 1.26 bits per heavy atom. The second-order valence-corrected chi connectivity index (χ2v) is 4.43. The van der Waals surface area contributed by atoms with Crippen LogP contribution in [-0.4, -0.2) is 39.5 Å². The highest BCUT2D eigenvalue weighted by Gasteiger charge is 2.32. The Balaban J connectivity index is 2.59. The summed E-state index contributed by atoms with van der Waals surface area (Å²) in [4.78, 5) is 0. The number of nitrogens with one attached hydrogen (secondary N) is 1. The van der Waals surface area contributed by atoms with E-state index in [0.29, 0.717) is 30.3 Å². The summed E-state index contributed by atoms with van der Waals surface area (Å²) in [6, 6.07) is 1.76. The van der Waals surface area contributed by atoms with E-state index in [1.54, 1.807) is 27.4 Å². The number of aliphatic hydroxyl groups excluding tert-OH is 1. The topological polar surface area (TPSA) is 86.0 Å². The van der Waals surface area contributed by atoms with Gasteiger partial charge in [-0.1, -0.05) is 0 Å². The fraction of sp³-hybridized carbons (Fsp3) is 0.538. The van der Waals surface area contributed by atoms with E-state index in [0.717, 1.165) is 11.3 Å². The molecule has 0 aromatic heterocycles. The molecule has 6 heteroatoms. The molecular weight excluding hydrogens is 248 g/mol. The van der Waals surface area contributed by atoms with Crippen molar-refractivity contribution >= 4 is 5.69 Å². The van der Waals surface area contributed by atoms with E-state index in [4.69, 9.17) is 19.9 Å². The molecule has 0 bridgehead atoms. The Morgan fingerprint density at radius 3 is 2.47 bits per heavy atom. The van der Waals surface area contributed by atoms with Crippen molar-refractivity contribution in [3.05, 3.63) is 11.6 Å². The van der Waals surface area contributed by atoms with Crippen LogP contribution in [0.4, 0.5) is 5.69 Å². The lowest BCUT2D eigenvalue weighted by molar-refractivity contribution is 0.113. The maximum atomic E-state index is 10.4. The molecule has 6 nitrogen and oxygen atoms in total. The summed E-state index contributed by atoms with van der Waals surface area (Å²) >= 11 is 0. The SMILES string of the molecule is COc1cc2c(c(OC)c1OC)NC[C@@H](CN)[C@H]2O. The fourth-order valence-corrected chi connectivity index (χ4v) is 2.40. The van der Waals surface area contributed by atoms with E-state index < -0.39 is 6.10 Å². The molecule has 0 radical (unpaired) electrons. The van der Waals surface area contributed by atoms with Gasteiger partial charge in [-0.3, -0.25) is 0 Å². The van der Waals surface area contributed by atoms with Crippen LogP contribution in [0.25, 0.3) is 0 Å². The molecule has 0 saturated carbocycles. The zero-order chi connectivity index (χ0) is 14.0. The van der Waals surface area contributed by atoms with Crippen LogP contribution >= 0.6 is 0 Å². The number of aliphatic hydroxyl groups is 1. The van der Waals surface area contributed by atoms with Crippen LogP contribution in [0, 0.1) is 5.92 Å². The molecule has 1 heterocycles. The third-order valence-electron chi connectivity index (χ3n) is 3.47. The van der Waals surface area contributed by atoms with Gasteiger partial charge in [0.15, 0.2) is 11.5 Å². The molecule has 2 atom stereocenters. The van der Waals surface area contributed by atoms with Gasteiger partial charge in [0.2, 0.25) is 5.75 Å². The van der Waals surface area contributed by atoms with Crippen molar-refractivity contribution in [3.63, 3.8) is 0 Å². The standard InChI is InChI=1S/C13H20N2O4/c1-17-9-4-8-10(13(19-3)12(9)18-2)15-6-7(5-14)11(8)16/h4,7,11,15-16H,5-6,14H2,1-3H3/t7-,11-/m1/s1. The lowest BCUT2D eigenvalue weighted by Gasteiger charge is -2.32. The average Bonchev–Trinajstić information content (AvgIpc) is 2.45. The van der Waals surface area contributed by atoms with Gasteiger partial charge in [-0.05, 0) is 12.6 Å². The summed E-state index contributed by atoms with van der Waals surface area (Å²) < 4.78 is 16.0. The van der Waals surface area contributed by atoms with E-state index in [2.05, 4.69) is 5.32 Å². The third-order valence-corrected chi connectivity index (χ3v) is 3.47. The minimum atomic E-state index is -0.644. The molecule has 1 aliphatic rings. The molecule has 0 fully saturated rings. The molecule has 2 rings (SSSR count). The number of ether oxygens (including phenoxy) is 3. The number of methoxy groups -OCH3 is 3. The van der Waals surface area contributed by atoms with Crippen molar-refractivity contribution in [2.45, 2.75) is 6.10 Å². The van der Waals surface area contributed by atoms with E-state index in [1.807, 2.05) is 0 Å². The molecule has 0 saturated heterocycles. The highest BCUT2D eigenvalue weighted by molar-refractivity contribution is 5.73. The number of anilines is 1. The lowest BCUT2D eigenvalue weighted by atomic mass is 9.90. The summed E-state index contributed by atoms with van der Waals surface area (Å²) in [5, 5.41) is 13.6. The molecular formula is C13H20N2O4. The molecule has 1 aromatic carbocycles. The van der Waals surface area contributed by atoms with Gasteiger partial charge in [-0.15, -0.1) is 0 Å². The summed E-state index contributed by atoms with van der Waals surface area (Å²) in [5.41, 5.74) is 7.11. The van der Waals surface area contributed by atoms with Crippen molar-refractivity contribution in [1.82, 2.24) is 0 Å². The Kier molecular flexibility index (Phi) is 4.01. The predicted molar refractivity (Wildman–Crippen MR) is 72.1 cm³/mol. The molecule has 1 aromatic rings. The summed E-state index contributed by atoms with van der Waals surface area (Å²) in [6.07, 6.45) is -0.644. The second kappa shape index (κ2) is 5.54. The molecule has 1 aliphatic heterocycles. The normalized spacial score (nSPS) is 21.3. The first-order valence-electron chi connectivity index (χ1n) is 6.12. The predicted octanol–water partition coefficient (Wildman–Crippen LogP) is 0.746. The maximum absolute atomic E-state index is 10.4. The van der Waals surface area contributed by atoms with Gasteiger partial charge in [0, 0.05) is 18.0 Å². The molecule has 0 unspecified atom stereocenters. The second-order valence-electron chi connectivity index (χ2n) is 4.43. The largest absolute Gasteiger partial charge is 0.493 e. The Bertz CT molecular complexity index is 464. The van der Waals surface area contributed by atoms with E-state index in [9.17, 15) is 5.11 Å². The van der Waals surface area contributed by atoms with Crippen molar-refractivity contribution in [1.29, 1.82) is 0 Å². The summed E-state index contributed by atoms with van der Waals surface area (Å²) in [6.45, 7) is 1.00. The highest BCUT2D eigenvalue weighted by atomic mass is 16.5. The first-order valence-corrected chi connectivity index (χ1v) is 6.12. The van der Waals surface area contributed by atoms with Crippen molar-refractivity contribution in [2.24, 2.45) is 11.7 Å². The zero-order valence-corrected chi connectivity index (χ0v) is 11.4. The third kappa shape index (κ3) is 2.17. The first-order chi connectivity index (χ1) is 9.17. The Morgan fingerprint density at radius 2 is 1.95 bits per heavy atom. The smallest absolute Gasteiger partial charge is 0.205 e. The average molecular weight is 268 g/mol. The monoisotopic (exact) mass is 268 g/mol. The fourth-order valence-electron chi connectivity index (χ4n) is 2.40. The maximum Gasteiger partial charge on any atom is 0.205 e. The number of benzene rings is 1. The molecule has 0 amide bonds. The highest BCUT2D eigenvalue weighted by Crippen LogP contribution is 2.49. The summed E-state index contributed by atoms with van der Waals surface area (Å²) in [7, 11) is 4.65. The Hall–Kier alpha value is -1.66. The van der Waals surface area contributed by atoms with Crippen molar-refractivity contribution in [3.8, 4) is 17.2 Å². The first kappa shape index (κ1) is 13.8. The quantitative estimate of drug-likeness (QED) is 0.747. The van der Waals surface area contributed by atoms with Crippen LogP contribution in [0.1, 0.15) is 11.7 Å². The van der Waals surface area contributed by atoms with Gasteiger partial charge in [0.1, 0.15) is 0 Å². The lowest BCUT2D eigenvalue weighted by Crippen LogP contribution is -2.33. The van der Waals surface area contributed by atoms with Gasteiger partial charge < -0.3 is 30.4 Å². The Labute approximate surface area is 112 Å². The molecule has 4 N–H and O–H groups in total. The number of hydrogen-bond donors (Lipinski definition) is 3. The van der Waals surface area contributed by atoms with Gasteiger partial charge in [-0.25, -0.2) is 0 Å². The molecule has 0 aliphatic carbocycles. The van der Waals surface area contributed by atoms with Gasteiger partial charge in [0.25, 0.3) is 0 Å². The van der Waals surface area contributed by atoms with Crippen LogP contribution in [0.5, 0.6) is 17.2 Å². The molecule has 106 valence electrons. The van der Waals surface area contributed by atoms with Crippen molar-refractivity contribution < 1.29 is 19.3 Å². The number of rotatable bonds is 4. The summed E-state index contributed by atoms with van der Waals surface area (Å²) in [5.74, 6) is 1.54. The van der Waals surface area contributed by atoms with Crippen LogP contribution < -0.4 is 25.3 Å². The van der Waals surface area contributed by atoms with Crippen LogP contribution in [0.15, 0.2) is 6.07 Å². The van der Waals surface area contributed by atoms with E-state index in [1.165, 1.54) is 0 Å². The van der Waals surface area contributed by atoms with Crippen LogP contribution in [0.3, 0.4) is 0 Å². The molecule has 19 heavy (non-hydrogen) atoms. The minimum Gasteiger partial charge on any atom is -0.493 e. The number of fused-ring (bicyclic) bond motifs is 1. The van der Waals surface area contributed by atoms with Crippen LogP contribution in [-0.2, 0) is 0 Å². The van der Waals surface area contributed by atoms with E-state index >= 15 is 0 Å². The zero-order valence-electron chi connectivity index (χ0n) is 11.4. The van der Waals surface area contributed by atoms with Gasteiger partial charge >= 0.3 is 0 Å². The van der Waals surface area contributed by atoms with E-state index in [-0.39, 0.29) is 5.92 Å².